The molecule has 0 radical (unpaired) electrons. The van der Waals surface area contributed by atoms with Gasteiger partial charge in [-0.1, -0.05) is 13.3 Å². The molecular weight excluding hydrogens is 521 g/mol. The molecule has 1 aliphatic heterocycles. The van der Waals surface area contributed by atoms with Crippen molar-refractivity contribution in [3.05, 3.63) is 11.4 Å². The molecule has 0 aromatic rings. The number of nitrogens with two attached hydrogens (primary N) is 4. The topological polar surface area (TPSA) is 266 Å². The molecule has 214 valence electrons. The molecule has 1 amide bonds. The summed E-state index contributed by atoms with van der Waals surface area (Å²) in [5, 5.41) is 40.1. The molecule has 0 spiro atoms. The van der Waals surface area contributed by atoms with Gasteiger partial charge in [0.2, 0.25) is 0 Å². The number of allylic oxidation sites excluding steroid dienone is 1. The van der Waals surface area contributed by atoms with Crippen LogP contribution in [0.15, 0.2) is 16.4 Å². The van der Waals surface area contributed by atoms with E-state index in [-0.39, 0.29) is 35.6 Å². The van der Waals surface area contributed by atoms with Crippen molar-refractivity contribution in [1.82, 2.24) is 5.01 Å². The van der Waals surface area contributed by atoms with Gasteiger partial charge in [0, 0.05) is 18.2 Å². The van der Waals surface area contributed by atoms with Crippen LogP contribution in [-0.4, -0.2) is 93.1 Å². The van der Waals surface area contributed by atoms with Crippen molar-refractivity contribution in [2.45, 2.75) is 94.5 Å². The number of aliphatic hydroxyl groups is 2. The Morgan fingerprint density at radius 2 is 1.95 bits per heavy atom. The number of nitrogens with zero attached hydrogens (tertiary/aromatic N) is 3. The van der Waals surface area contributed by atoms with Crippen molar-refractivity contribution in [3.63, 3.8) is 0 Å². The average molecular weight is 560 g/mol. The zero-order valence-corrected chi connectivity index (χ0v) is 22.4. The second-order valence-electron chi connectivity index (χ2n) is 9.27. The number of hydrogen-bond acceptors (Lipinski definition) is 13. The number of hydrazine groups is 1. The van der Waals surface area contributed by atoms with Gasteiger partial charge in [0.1, 0.15) is 30.1 Å². The first-order valence-corrected chi connectivity index (χ1v) is 13.2. The predicted molar refractivity (Wildman–Crippen MR) is 137 cm³/mol. The molecular formula is C22H38N7O8P. The number of aliphatic carboxylic acids is 1. The highest BCUT2D eigenvalue weighted by molar-refractivity contribution is 7.34. The number of carbonyl (C=O) groups excluding carboxylic acids is 1. The number of nitriles is 1. The van der Waals surface area contributed by atoms with E-state index in [0.717, 1.165) is 12.8 Å². The van der Waals surface area contributed by atoms with Crippen LogP contribution >= 0.6 is 8.81 Å². The molecule has 2 aliphatic rings. The number of carboxylic acid groups (broad SMARTS) is 1. The summed E-state index contributed by atoms with van der Waals surface area (Å²) in [4.78, 5) is 29.1. The van der Waals surface area contributed by atoms with Crippen molar-refractivity contribution in [2.24, 2.45) is 28.0 Å². The van der Waals surface area contributed by atoms with Crippen LogP contribution in [0.1, 0.15) is 46.0 Å². The first kappa shape index (κ1) is 31.8. The van der Waals surface area contributed by atoms with Gasteiger partial charge in [-0.2, -0.15) is 5.26 Å². The van der Waals surface area contributed by atoms with E-state index >= 15 is 0 Å². The largest absolute Gasteiger partial charge is 0.479 e. The molecule has 16 heteroatoms. The van der Waals surface area contributed by atoms with E-state index in [4.69, 9.17) is 42.3 Å². The van der Waals surface area contributed by atoms with Gasteiger partial charge in [0.15, 0.2) is 12.1 Å². The minimum atomic E-state index is -1.64. The fourth-order valence-corrected chi connectivity index (χ4v) is 4.17. The van der Waals surface area contributed by atoms with Crippen LogP contribution in [0.5, 0.6) is 0 Å². The third kappa shape index (κ3) is 8.82. The summed E-state index contributed by atoms with van der Waals surface area (Å²) in [6, 6.07) is 1.46. The molecule has 2 fully saturated rings. The molecule has 11 N–H and O–H groups in total. The number of carboxylic acids is 1. The van der Waals surface area contributed by atoms with Gasteiger partial charge < -0.3 is 46.5 Å². The number of amides is 1. The SMILES string of the molecule is CCCC(N)=C(N)C(=NC1CC1)C(=O)N(N)C1OC(COC(POC(C#N)CC(C)N)C(=O)O)C(O)C1O. The van der Waals surface area contributed by atoms with Crippen LogP contribution in [-0.2, 0) is 23.6 Å². The maximum atomic E-state index is 13.2. The first-order chi connectivity index (χ1) is 17.9. The standard InChI is InChI=1S/C22H38N7O8P/c1-3-4-13(25)15(26)16(28-11-5-6-11)19(32)29(27)20-18(31)17(30)14(36-20)9-35-22(21(33)34)38-37-12(8-23)7-10(2)24/h10-12,14,17-18,20,22,30-31,38H,3-7,9,24-27H2,1-2H3,(H,33,34). The van der Waals surface area contributed by atoms with E-state index in [1.807, 2.05) is 13.0 Å². The number of hydrogen-bond donors (Lipinski definition) is 7. The maximum Gasteiger partial charge on any atom is 0.339 e. The van der Waals surface area contributed by atoms with E-state index < -0.39 is 63.8 Å². The van der Waals surface area contributed by atoms with Crippen LogP contribution in [0.4, 0.5) is 0 Å². The summed E-state index contributed by atoms with van der Waals surface area (Å²) in [7, 11) is -0.757. The predicted octanol–water partition coefficient (Wildman–Crippen LogP) is -1.67. The van der Waals surface area contributed by atoms with E-state index in [1.165, 1.54) is 0 Å². The Morgan fingerprint density at radius 3 is 2.47 bits per heavy atom. The van der Waals surface area contributed by atoms with Crippen LogP contribution < -0.4 is 23.0 Å². The van der Waals surface area contributed by atoms with Crippen molar-refractivity contribution in [3.8, 4) is 6.07 Å². The van der Waals surface area contributed by atoms with Crippen molar-refractivity contribution in [1.29, 1.82) is 5.26 Å². The van der Waals surface area contributed by atoms with Crippen LogP contribution in [0.2, 0.25) is 0 Å². The molecule has 0 aromatic carbocycles. The lowest BCUT2D eigenvalue weighted by Gasteiger charge is -2.26. The zero-order valence-electron chi connectivity index (χ0n) is 21.4. The molecule has 2 rings (SSSR count). The summed E-state index contributed by atoms with van der Waals surface area (Å²) in [6.45, 7) is 3.09. The van der Waals surface area contributed by atoms with Gasteiger partial charge in [-0.15, -0.1) is 0 Å². The second-order valence-corrected chi connectivity index (χ2v) is 10.3. The number of carbonyl (C=O) groups is 2. The molecule has 8 atom stereocenters. The monoisotopic (exact) mass is 559 g/mol. The van der Waals surface area contributed by atoms with E-state index in [1.54, 1.807) is 6.92 Å². The Bertz CT molecular complexity index is 939. The number of aliphatic imine (C=N–C) groups is 1. The molecule has 8 unspecified atom stereocenters. The Kier molecular flexibility index (Phi) is 12.3. The van der Waals surface area contributed by atoms with Gasteiger partial charge in [0.05, 0.1) is 33.2 Å². The molecule has 1 saturated carbocycles. The molecule has 15 nitrogen and oxygen atoms in total. The lowest BCUT2D eigenvalue weighted by Crippen LogP contribution is -2.54. The lowest BCUT2D eigenvalue weighted by atomic mass is 10.1. The third-order valence-corrected chi connectivity index (χ3v) is 6.77. The van der Waals surface area contributed by atoms with Gasteiger partial charge >= 0.3 is 5.97 Å². The molecule has 0 bridgehead atoms. The van der Waals surface area contributed by atoms with Gasteiger partial charge in [-0.3, -0.25) is 9.79 Å². The highest BCUT2D eigenvalue weighted by Crippen LogP contribution is 2.29. The van der Waals surface area contributed by atoms with E-state index in [2.05, 4.69) is 4.99 Å². The summed E-state index contributed by atoms with van der Waals surface area (Å²) < 4.78 is 16.2. The number of aliphatic hydroxyl groups excluding tert-OH is 2. The quantitative estimate of drug-likeness (QED) is 0.0389. The lowest BCUT2D eigenvalue weighted by molar-refractivity contribution is -0.152. The fraction of sp³-hybridized carbons (Fsp3) is 0.727. The highest BCUT2D eigenvalue weighted by Gasteiger charge is 2.47. The maximum absolute atomic E-state index is 13.2. The fourth-order valence-electron chi connectivity index (χ4n) is 3.47. The Morgan fingerprint density at radius 1 is 1.29 bits per heavy atom. The van der Waals surface area contributed by atoms with Gasteiger partial charge in [0.25, 0.3) is 5.91 Å². The normalized spacial score (nSPS) is 27.0. The minimum absolute atomic E-state index is 0.0166. The third-order valence-electron chi connectivity index (χ3n) is 5.73. The van der Waals surface area contributed by atoms with E-state index in [0.29, 0.717) is 17.9 Å². The smallest absolute Gasteiger partial charge is 0.339 e. The molecule has 38 heavy (non-hydrogen) atoms. The summed E-state index contributed by atoms with van der Waals surface area (Å²) >= 11 is 0. The zero-order chi connectivity index (χ0) is 28.6. The molecule has 1 aliphatic carbocycles. The minimum Gasteiger partial charge on any atom is -0.479 e. The number of ether oxygens (including phenoxy) is 2. The average Bonchev–Trinajstić information content (AvgIpc) is 3.65. The number of rotatable bonds is 15. The van der Waals surface area contributed by atoms with Crippen molar-refractivity contribution < 1.29 is 38.9 Å². The molecule has 0 aromatic heterocycles. The van der Waals surface area contributed by atoms with Crippen LogP contribution in [0.3, 0.4) is 0 Å². The Hall–Kier alpha value is -2.41. The van der Waals surface area contributed by atoms with Crippen molar-refractivity contribution in [2.75, 3.05) is 6.61 Å². The summed E-state index contributed by atoms with van der Waals surface area (Å²) in [6.07, 6.45) is -4.00. The van der Waals surface area contributed by atoms with Gasteiger partial charge in [-0.25, -0.2) is 15.6 Å². The Labute approximate surface area is 222 Å². The molecule has 1 saturated heterocycles. The second kappa shape index (κ2) is 14.7. The first-order valence-electron chi connectivity index (χ1n) is 12.2. The van der Waals surface area contributed by atoms with E-state index in [9.17, 15) is 24.9 Å². The summed E-state index contributed by atoms with van der Waals surface area (Å²) in [5.41, 5.74) is 17.8. The van der Waals surface area contributed by atoms with Crippen LogP contribution in [0, 0.1) is 11.3 Å². The van der Waals surface area contributed by atoms with Crippen LogP contribution in [0.25, 0.3) is 0 Å². The highest BCUT2D eigenvalue weighted by atomic mass is 31.1. The Balaban J connectivity index is 2.06. The summed E-state index contributed by atoms with van der Waals surface area (Å²) in [5.74, 6) is 2.27. The van der Waals surface area contributed by atoms with Crippen molar-refractivity contribution >= 4 is 26.4 Å². The molecule has 1 heterocycles. The van der Waals surface area contributed by atoms with Gasteiger partial charge in [-0.05, 0) is 26.2 Å².